The van der Waals surface area contributed by atoms with Crippen LogP contribution in [0.3, 0.4) is 0 Å². The van der Waals surface area contributed by atoms with Crippen LogP contribution in [0.15, 0.2) is 35.1 Å². The molecule has 1 saturated carbocycles. The summed E-state index contributed by atoms with van der Waals surface area (Å²) in [6.07, 6.45) is 1.58. The molecule has 1 aliphatic carbocycles. The Kier molecular flexibility index (Phi) is 3.01. The number of carbonyl (C=O) groups excluding carboxylic acids is 1. The molecule has 1 heterocycles. The van der Waals surface area contributed by atoms with Crippen molar-refractivity contribution in [2.75, 3.05) is 0 Å². The van der Waals surface area contributed by atoms with Crippen LogP contribution in [-0.4, -0.2) is 27.5 Å². The van der Waals surface area contributed by atoms with Crippen LogP contribution in [-0.2, 0) is 4.79 Å². The van der Waals surface area contributed by atoms with E-state index < -0.39 is 17.4 Å². The summed E-state index contributed by atoms with van der Waals surface area (Å²) in [5, 5.41) is 12.9. The summed E-state index contributed by atoms with van der Waals surface area (Å²) in [5.74, 6) is -1.61. The minimum absolute atomic E-state index is 0.0752. The van der Waals surface area contributed by atoms with E-state index in [0.717, 1.165) is 6.42 Å². The molecule has 0 unspecified atom stereocenters. The summed E-state index contributed by atoms with van der Waals surface area (Å²) in [4.78, 5) is 37.9. The van der Waals surface area contributed by atoms with Crippen LogP contribution in [0.1, 0.15) is 29.8 Å². The Morgan fingerprint density at radius 2 is 1.95 bits per heavy atom. The molecular formula is C15H14N2O4. The van der Waals surface area contributed by atoms with Gasteiger partial charge in [0.1, 0.15) is 11.2 Å². The molecular weight excluding hydrogens is 272 g/mol. The highest BCUT2D eigenvalue weighted by atomic mass is 16.4. The topological polar surface area (TPSA) is 99.3 Å². The number of amides is 1. The molecule has 0 spiro atoms. The number of fused-ring (bicyclic) bond motifs is 1. The number of carbonyl (C=O) groups is 2. The summed E-state index contributed by atoms with van der Waals surface area (Å²) in [5.41, 5.74) is -1.48. The molecule has 2 aromatic rings. The van der Waals surface area contributed by atoms with Gasteiger partial charge in [-0.2, -0.15) is 0 Å². The quantitative estimate of drug-likeness (QED) is 0.791. The van der Waals surface area contributed by atoms with Crippen molar-refractivity contribution in [3.63, 3.8) is 0 Å². The molecule has 6 nitrogen and oxygen atoms in total. The molecule has 108 valence electrons. The molecule has 0 bridgehead atoms. The van der Waals surface area contributed by atoms with Crippen LogP contribution in [0.2, 0.25) is 0 Å². The van der Waals surface area contributed by atoms with Crippen molar-refractivity contribution in [1.82, 2.24) is 10.3 Å². The van der Waals surface area contributed by atoms with E-state index in [0.29, 0.717) is 23.6 Å². The Morgan fingerprint density at radius 1 is 1.24 bits per heavy atom. The molecule has 1 aliphatic rings. The maximum absolute atomic E-state index is 12.2. The first-order valence-corrected chi connectivity index (χ1v) is 6.70. The van der Waals surface area contributed by atoms with E-state index in [2.05, 4.69) is 10.3 Å². The monoisotopic (exact) mass is 286 g/mol. The fourth-order valence-corrected chi connectivity index (χ4v) is 2.54. The summed E-state index contributed by atoms with van der Waals surface area (Å²) < 4.78 is 0. The largest absolute Gasteiger partial charge is 0.480 e. The number of carboxylic acids is 1. The van der Waals surface area contributed by atoms with Crippen molar-refractivity contribution in [1.29, 1.82) is 0 Å². The van der Waals surface area contributed by atoms with Gasteiger partial charge in [0.05, 0.1) is 0 Å². The average Bonchev–Trinajstić information content (AvgIpc) is 2.42. The summed E-state index contributed by atoms with van der Waals surface area (Å²) in [7, 11) is 0. The molecule has 3 rings (SSSR count). The van der Waals surface area contributed by atoms with Crippen molar-refractivity contribution in [3.05, 3.63) is 46.4 Å². The smallest absolute Gasteiger partial charge is 0.329 e. The fraction of sp³-hybridized carbons (Fsp3) is 0.267. The zero-order chi connectivity index (χ0) is 15.0. The first kappa shape index (κ1) is 13.4. The van der Waals surface area contributed by atoms with Crippen LogP contribution in [0.5, 0.6) is 0 Å². The number of benzene rings is 1. The second-order valence-corrected chi connectivity index (χ2v) is 5.29. The van der Waals surface area contributed by atoms with E-state index in [9.17, 15) is 19.5 Å². The molecule has 0 saturated heterocycles. The number of carboxylic acid groups (broad SMARTS) is 1. The normalized spacial score (nSPS) is 16.2. The summed E-state index contributed by atoms with van der Waals surface area (Å²) in [6.45, 7) is 0. The molecule has 1 aromatic carbocycles. The number of hydrogen-bond donors (Lipinski definition) is 3. The van der Waals surface area contributed by atoms with Gasteiger partial charge in [-0.05, 0) is 36.8 Å². The third kappa shape index (κ3) is 2.18. The molecule has 1 aromatic heterocycles. The maximum Gasteiger partial charge on any atom is 0.329 e. The van der Waals surface area contributed by atoms with E-state index in [-0.39, 0.29) is 11.3 Å². The highest BCUT2D eigenvalue weighted by Crippen LogP contribution is 2.32. The van der Waals surface area contributed by atoms with Crippen LogP contribution in [0.4, 0.5) is 0 Å². The lowest BCUT2D eigenvalue weighted by Crippen LogP contribution is -2.59. The number of aromatic amines is 1. The fourth-order valence-electron chi connectivity index (χ4n) is 2.54. The van der Waals surface area contributed by atoms with Gasteiger partial charge in [-0.1, -0.05) is 18.2 Å². The second kappa shape index (κ2) is 4.73. The van der Waals surface area contributed by atoms with Gasteiger partial charge in [0, 0.05) is 5.39 Å². The van der Waals surface area contributed by atoms with Gasteiger partial charge in [0.25, 0.3) is 11.5 Å². The first-order chi connectivity index (χ1) is 10.0. The highest BCUT2D eigenvalue weighted by Gasteiger charge is 2.45. The van der Waals surface area contributed by atoms with Gasteiger partial charge in [-0.3, -0.25) is 9.59 Å². The number of aliphatic carboxylic acids is 1. The van der Waals surface area contributed by atoms with Gasteiger partial charge >= 0.3 is 5.97 Å². The van der Waals surface area contributed by atoms with Crippen LogP contribution < -0.4 is 10.9 Å². The average molecular weight is 286 g/mol. The summed E-state index contributed by atoms with van der Waals surface area (Å²) in [6, 6.07) is 8.47. The number of hydrogen-bond acceptors (Lipinski definition) is 3. The molecule has 0 radical (unpaired) electrons. The number of H-pyrrole nitrogens is 1. The lowest BCUT2D eigenvalue weighted by molar-refractivity contribution is -0.148. The van der Waals surface area contributed by atoms with Crippen molar-refractivity contribution < 1.29 is 14.7 Å². The van der Waals surface area contributed by atoms with Crippen LogP contribution in [0.25, 0.3) is 10.8 Å². The maximum atomic E-state index is 12.2. The molecule has 0 atom stereocenters. The lowest BCUT2D eigenvalue weighted by Gasteiger charge is -2.38. The van der Waals surface area contributed by atoms with Crippen molar-refractivity contribution in [3.8, 4) is 0 Å². The van der Waals surface area contributed by atoms with Crippen LogP contribution >= 0.6 is 0 Å². The van der Waals surface area contributed by atoms with Gasteiger partial charge in [-0.25, -0.2) is 4.79 Å². The third-order valence-electron chi connectivity index (χ3n) is 3.97. The molecule has 21 heavy (non-hydrogen) atoms. The first-order valence-electron chi connectivity index (χ1n) is 6.70. The van der Waals surface area contributed by atoms with Gasteiger partial charge in [-0.15, -0.1) is 0 Å². The number of pyridine rings is 1. The van der Waals surface area contributed by atoms with E-state index in [1.54, 1.807) is 30.3 Å². The molecule has 1 fully saturated rings. The predicted molar refractivity (Wildman–Crippen MR) is 76.3 cm³/mol. The molecule has 1 amide bonds. The van der Waals surface area contributed by atoms with E-state index >= 15 is 0 Å². The van der Waals surface area contributed by atoms with Crippen molar-refractivity contribution in [2.45, 2.75) is 24.8 Å². The minimum atomic E-state index is -1.19. The number of nitrogens with one attached hydrogen (secondary N) is 2. The van der Waals surface area contributed by atoms with Crippen molar-refractivity contribution >= 4 is 22.6 Å². The lowest BCUT2D eigenvalue weighted by atomic mass is 9.76. The second-order valence-electron chi connectivity index (χ2n) is 5.29. The Labute approximate surface area is 119 Å². The van der Waals surface area contributed by atoms with Crippen LogP contribution in [0, 0.1) is 0 Å². The van der Waals surface area contributed by atoms with E-state index in [1.165, 1.54) is 0 Å². The Morgan fingerprint density at radius 3 is 2.57 bits per heavy atom. The minimum Gasteiger partial charge on any atom is -0.480 e. The van der Waals surface area contributed by atoms with Crippen molar-refractivity contribution in [2.24, 2.45) is 0 Å². The molecule has 3 N–H and O–H groups in total. The SMILES string of the molecule is O=C(NC1(C(=O)O)CCC1)c1cc2ccccc2c(=O)[nH]1. The number of rotatable bonds is 3. The predicted octanol–water partition coefficient (Wildman–Crippen LogP) is 1.27. The standard InChI is InChI=1S/C15H14N2O4/c18-12-10-5-2-1-4-9(10)8-11(16-12)13(19)17-15(14(20)21)6-3-7-15/h1-2,4-5,8H,3,6-7H2,(H,16,18)(H,17,19)(H,20,21). The Balaban J connectivity index is 1.95. The Hall–Kier alpha value is -2.63. The zero-order valence-corrected chi connectivity index (χ0v) is 11.2. The number of aromatic nitrogens is 1. The van der Waals surface area contributed by atoms with Gasteiger partial charge in [0.15, 0.2) is 0 Å². The zero-order valence-electron chi connectivity index (χ0n) is 11.2. The summed E-state index contributed by atoms with van der Waals surface area (Å²) >= 11 is 0. The third-order valence-corrected chi connectivity index (χ3v) is 3.97. The van der Waals surface area contributed by atoms with Gasteiger partial charge < -0.3 is 15.4 Å². The Bertz CT molecular complexity index is 790. The highest BCUT2D eigenvalue weighted by molar-refractivity contribution is 5.99. The molecule has 0 aliphatic heterocycles. The van der Waals surface area contributed by atoms with Gasteiger partial charge in [0.2, 0.25) is 0 Å². The van der Waals surface area contributed by atoms with E-state index in [1.807, 2.05) is 0 Å². The van der Waals surface area contributed by atoms with E-state index in [4.69, 9.17) is 0 Å². The molecule has 6 heteroatoms.